The van der Waals surface area contributed by atoms with Gasteiger partial charge in [0.25, 0.3) is 0 Å². The highest BCUT2D eigenvalue weighted by Gasteiger charge is 2.17. The van der Waals surface area contributed by atoms with E-state index in [1.165, 1.54) is 4.88 Å². The lowest BCUT2D eigenvalue weighted by atomic mass is 10.0. The van der Waals surface area contributed by atoms with E-state index in [2.05, 4.69) is 25.2 Å². The van der Waals surface area contributed by atoms with Gasteiger partial charge in [0.05, 0.1) is 0 Å². The molecule has 0 fully saturated rings. The first-order valence-electron chi connectivity index (χ1n) is 6.56. The molecule has 0 radical (unpaired) electrons. The summed E-state index contributed by atoms with van der Waals surface area (Å²) in [7, 11) is 1.97. The lowest BCUT2D eigenvalue weighted by Crippen LogP contribution is -2.20. The van der Waals surface area contributed by atoms with Crippen LogP contribution in [0.1, 0.15) is 30.3 Å². The molecule has 0 spiro atoms. The van der Waals surface area contributed by atoms with Crippen molar-refractivity contribution in [2.75, 3.05) is 7.05 Å². The van der Waals surface area contributed by atoms with Gasteiger partial charge in [0.1, 0.15) is 5.82 Å². The molecule has 19 heavy (non-hydrogen) atoms. The zero-order valence-electron chi connectivity index (χ0n) is 11.8. The van der Waals surface area contributed by atoms with Crippen molar-refractivity contribution in [2.45, 2.75) is 26.8 Å². The van der Waals surface area contributed by atoms with Crippen molar-refractivity contribution in [3.05, 3.63) is 46.6 Å². The number of nitrogens with one attached hydrogen (secondary N) is 1. The molecule has 0 aliphatic heterocycles. The van der Waals surface area contributed by atoms with E-state index in [1.807, 2.05) is 26.1 Å². The molecule has 2 rings (SSSR count). The lowest BCUT2D eigenvalue weighted by Gasteiger charge is -2.18. The van der Waals surface area contributed by atoms with Crippen molar-refractivity contribution in [3.8, 4) is 10.4 Å². The van der Waals surface area contributed by atoms with E-state index >= 15 is 0 Å². The van der Waals surface area contributed by atoms with Gasteiger partial charge in [0, 0.05) is 21.4 Å². The first-order valence-corrected chi connectivity index (χ1v) is 7.38. The Kier molecular flexibility index (Phi) is 4.38. The summed E-state index contributed by atoms with van der Waals surface area (Å²) in [6.45, 7) is 6.36. The summed E-state index contributed by atoms with van der Waals surface area (Å²) in [6, 6.07) is 9.70. The molecule has 2 aromatic rings. The highest BCUT2D eigenvalue weighted by molar-refractivity contribution is 7.15. The highest BCUT2D eigenvalue weighted by Crippen LogP contribution is 2.35. The van der Waals surface area contributed by atoms with Gasteiger partial charge in [-0.1, -0.05) is 25.5 Å². The molecule has 0 aliphatic carbocycles. The molecule has 1 unspecified atom stereocenters. The fourth-order valence-corrected chi connectivity index (χ4v) is 3.61. The van der Waals surface area contributed by atoms with Crippen LogP contribution in [0.3, 0.4) is 0 Å². The average molecular weight is 277 g/mol. The van der Waals surface area contributed by atoms with E-state index in [1.54, 1.807) is 23.5 Å². The maximum atomic E-state index is 13.9. The van der Waals surface area contributed by atoms with Crippen molar-refractivity contribution >= 4 is 11.3 Å². The minimum absolute atomic E-state index is 0.149. The number of hydrogen-bond donors (Lipinski definition) is 1. The molecule has 1 atom stereocenters. The number of rotatable bonds is 4. The first-order chi connectivity index (χ1) is 9.02. The molecule has 1 heterocycles. The van der Waals surface area contributed by atoms with Crippen LogP contribution in [0.4, 0.5) is 4.39 Å². The molecule has 0 saturated heterocycles. The smallest absolute Gasteiger partial charge is 0.131 e. The van der Waals surface area contributed by atoms with Crippen LogP contribution in [0.5, 0.6) is 0 Å². The van der Waals surface area contributed by atoms with Gasteiger partial charge in [-0.05, 0) is 44.2 Å². The molecular formula is C16H20FNS. The van der Waals surface area contributed by atoms with Crippen molar-refractivity contribution < 1.29 is 4.39 Å². The monoisotopic (exact) mass is 277 g/mol. The Morgan fingerprint density at radius 2 is 1.89 bits per heavy atom. The Balaban J connectivity index is 2.38. The van der Waals surface area contributed by atoms with Crippen LogP contribution in [-0.4, -0.2) is 7.05 Å². The van der Waals surface area contributed by atoms with E-state index in [4.69, 9.17) is 0 Å². The fourth-order valence-electron chi connectivity index (χ4n) is 2.30. The topological polar surface area (TPSA) is 12.0 Å². The molecule has 102 valence electrons. The molecule has 0 amide bonds. The largest absolute Gasteiger partial charge is 0.312 e. The van der Waals surface area contributed by atoms with Crippen molar-refractivity contribution in [1.29, 1.82) is 0 Å². The minimum atomic E-state index is -0.149. The van der Waals surface area contributed by atoms with Crippen LogP contribution in [0.15, 0.2) is 30.3 Å². The molecule has 1 aromatic heterocycles. The molecule has 1 nitrogen and oxygen atoms in total. The summed E-state index contributed by atoms with van der Waals surface area (Å²) in [4.78, 5) is 2.26. The predicted molar refractivity (Wildman–Crippen MR) is 81.1 cm³/mol. The van der Waals surface area contributed by atoms with Gasteiger partial charge in [0.15, 0.2) is 0 Å². The fraction of sp³-hybridized carbons (Fsp3) is 0.375. The summed E-state index contributed by atoms with van der Waals surface area (Å²) in [6.07, 6.45) is 0. The molecule has 3 heteroatoms. The molecule has 0 bridgehead atoms. The molecular weight excluding hydrogens is 257 g/mol. The molecule has 1 aromatic carbocycles. The normalized spacial score (nSPS) is 12.9. The second-order valence-electron chi connectivity index (χ2n) is 5.20. The Hall–Kier alpha value is -1.19. The second-order valence-corrected chi connectivity index (χ2v) is 6.31. The first kappa shape index (κ1) is 14.2. The van der Waals surface area contributed by atoms with Crippen LogP contribution in [-0.2, 0) is 0 Å². The van der Waals surface area contributed by atoms with Gasteiger partial charge in [-0.15, -0.1) is 11.3 Å². The summed E-state index contributed by atoms with van der Waals surface area (Å²) in [5.74, 6) is 0.364. The Labute approximate surface area is 118 Å². The summed E-state index contributed by atoms with van der Waals surface area (Å²) in [5.41, 5.74) is 1.79. The molecule has 0 aliphatic rings. The summed E-state index contributed by atoms with van der Waals surface area (Å²) in [5, 5.41) is 3.33. The minimum Gasteiger partial charge on any atom is -0.312 e. The number of halogens is 1. The average Bonchev–Trinajstić information content (AvgIpc) is 2.82. The van der Waals surface area contributed by atoms with Crippen LogP contribution in [0.25, 0.3) is 10.4 Å². The van der Waals surface area contributed by atoms with E-state index in [9.17, 15) is 4.39 Å². The number of thiophene rings is 1. The number of hydrogen-bond acceptors (Lipinski definition) is 2. The van der Waals surface area contributed by atoms with Gasteiger partial charge in [-0.3, -0.25) is 0 Å². The standard InChI is InChI=1S/C16H20FNS/c1-10(2)16(18-4)15-8-7-14(19-15)12-9-11(3)5-6-13(12)17/h5-10,16,18H,1-4H3. The second kappa shape index (κ2) is 5.85. The quantitative estimate of drug-likeness (QED) is 0.848. The molecule has 0 saturated carbocycles. The van der Waals surface area contributed by atoms with Gasteiger partial charge in [0.2, 0.25) is 0 Å². The van der Waals surface area contributed by atoms with Gasteiger partial charge < -0.3 is 5.32 Å². The van der Waals surface area contributed by atoms with Gasteiger partial charge in [-0.2, -0.15) is 0 Å². The number of benzene rings is 1. The Morgan fingerprint density at radius 3 is 2.53 bits per heavy atom. The summed E-state index contributed by atoms with van der Waals surface area (Å²) >= 11 is 1.67. The summed E-state index contributed by atoms with van der Waals surface area (Å²) < 4.78 is 13.9. The van der Waals surface area contributed by atoms with Gasteiger partial charge >= 0.3 is 0 Å². The van der Waals surface area contributed by atoms with Crippen molar-refractivity contribution in [1.82, 2.24) is 5.32 Å². The van der Waals surface area contributed by atoms with Crippen molar-refractivity contribution in [2.24, 2.45) is 5.92 Å². The third-order valence-corrected chi connectivity index (χ3v) is 4.50. The zero-order chi connectivity index (χ0) is 14.0. The SMILES string of the molecule is CNC(c1ccc(-c2cc(C)ccc2F)s1)C(C)C. The van der Waals surface area contributed by atoms with E-state index in [0.717, 1.165) is 10.4 Å². The maximum absolute atomic E-state index is 13.9. The van der Waals surface area contributed by atoms with E-state index in [-0.39, 0.29) is 5.82 Å². The third kappa shape index (κ3) is 3.04. The van der Waals surface area contributed by atoms with E-state index < -0.39 is 0 Å². The highest BCUT2D eigenvalue weighted by atomic mass is 32.1. The number of aryl methyl sites for hydroxylation is 1. The van der Waals surface area contributed by atoms with E-state index in [0.29, 0.717) is 17.5 Å². The zero-order valence-corrected chi connectivity index (χ0v) is 12.6. The van der Waals surface area contributed by atoms with Crippen LogP contribution >= 0.6 is 11.3 Å². The third-order valence-electron chi connectivity index (χ3n) is 3.30. The Bertz CT molecular complexity index is 560. The van der Waals surface area contributed by atoms with Crippen molar-refractivity contribution in [3.63, 3.8) is 0 Å². The Morgan fingerprint density at radius 1 is 1.16 bits per heavy atom. The van der Waals surface area contributed by atoms with Crippen LogP contribution in [0.2, 0.25) is 0 Å². The van der Waals surface area contributed by atoms with Crippen LogP contribution < -0.4 is 5.32 Å². The van der Waals surface area contributed by atoms with Gasteiger partial charge in [-0.25, -0.2) is 4.39 Å². The molecule has 1 N–H and O–H groups in total. The predicted octanol–water partition coefficient (Wildman–Crippen LogP) is 4.78. The van der Waals surface area contributed by atoms with Crippen LogP contribution in [0, 0.1) is 18.7 Å². The lowest BCUT2D eigenvalue weighted by molar-refractivity contribution is 0.449. The maximum Gasteiger partial charge on any atom is 0.131 e.